The molecule has 0 heterocycles. The Hall–Kier alpha value is -2.58. The monoisotopic (exact) mass is 927 g/mol. The van der Waals surface area contributed by atoms with Gasteiger partial charge >= 0.3 is 0 Å². The molecule has 0 bridgehead atoms. The first-order chi connectivity index (χ1) is 31.5. The summed E-state index contributed by atoms with van der Waals surface area (Å²) in [5.74, 6) is -0.217. The van der Waals surface area contributed by atoms with Crippen molar-refractivity contribution in [2.24, 2.45) is 0 Å². The van der Waals surface area contributed by atoms with E-state index in [-0.39, 0.29) is 12.5 Å². The number of carbonyl (C=O) groups is 1. The predicted molar refractivity (Wildman–Crippen MR) is 279 cm³/mol. The summed E-state index contributed by atoms with van der Waals surface area (Å²) < 4.78 is 23.2. The lowest BCUT2D eigenvalue weighted by Crippen LogP contribution is -2.45. The molecule has 8 nitrogen and oxygen atoms in total. The van der Waals surface area contributed by atoms with Crippen molar-refractivity contribution >= 4 is 13.7 Å². The maximum absolute atomic E-state index is 12.9. The zero-order chi connectivity index (χ0) is 47.8. The first kappa shape index (κ1) is 62.4. The van der Waals surface area contributed by atoms with Crippen LogP contribution in [0.1, 0.15) is 200 Å². The molecule has 0 aliphatic carbocycles. The molecule has 0 aromatic heterocycles. The molecule has 1 amide bonds. The first-order valence-electron chi connectivity index (χ1n) is 26.1. The molecule has 65 heavy (non-hydrogen) atoms. The number of hydrogen-bond donors (Lipinski definition) is 2. The number of amides is 1. The van der Waals surface area contributed by atoms with Gasteiger partial charge in [-0.05, 0) is 83.5 Å². The Balaban J connectivity index is 4.13. The van der Waals surface area contributed by atoms with Crippen LogP contribution in [0.5, 0.6) is 0 Å². The third-order valence-electron chi connectivity index (χ3n) is 11.0. The van der Waals surface area contributed by atoms with E-state index in [0.29, 0.717) is 17.4 Å². The van der Waals surface area contributed by atoms with Crippen LogP contribution >= 0.6 is 7.82 Å². The Kier molecular flexibility index (Phi) is 44.7. The third kappa shape index (κ3) is 49.2. The molecule has 0 radical (unpaired) electrons. The molecule has 0 aliphatic heterocycles. The number of unbranched alkanes of at least 4 members (excludes halogenated alkanes) is 19. The summed E-state index contributed by atoms with van der Waals surface area (Å²) in [5, 5.41) is 13.8. The van der Waals surface area contributed by atoms with Gasteiger partial charge in [-0.3, -0.25) is 9.36 Å². The number of aliphatic hydroxyl groups excluding tert-OH is 1. The van der Waals surface area contributed by atoms with Crippen molar-refractivity contribution in [3.05, 3.63) is 97.2 Å². The molecule has 2 N–H and O–H groups in total. The minimum absolute atomic E-state index is 0.0128. The SMILES string of the molecule is CC/C=C\C/C=C\C/C=C\C/C=C\C/C=C\CCCCCCCCCCCCCCCCCC(=O)NC(COP(=O)([O-])OCC[N+](C)(C)C)C(O)/C=C/CC/C=C/CC/C=C/CCCC. The van der Waals surface area contributed by atoms with Gasteiger partial charge in [0.1, 0.15) is 13.2 Å². The van der Waals surface area contributed by atoms with Crippen molar-refractivity contribution in [3.8, 4) is 0 Å². The lowest BCUT2D eigenvalue weighted by atomic mass is 10.0. The van der Waals surface area contributed by atoms with E-state index in [1.807, 2.05) is 27.2 Å². The van der Waals surface area contributed by atoms with E-state index in [0.717, 1.165) is 83.5 Å². The molecule has 0 saturated carbocycles. The molecule has 3 atom stereocenters. The molecule has 0 rings (SSSR count). The number of hydrogen-bond acceptors (Lipinski definition) is 6. The number of nitrogens with zero attached hydrogens (tertiary/aromatic N) is 1. The smallest absolute Gasteiger partial charge is 0.268 e. The minimum atomic E-state index is -4.61. The van der Waals surface area contributed by atoms with Crippen molar-refractivity contribution in [2.75, 3.05) is 40.9 Å². The molecule has 0 saturated heterocycles. The molecule has 0 spiro atoms. The second-order valence-corrected chi connectivity index (χ2v) is 19.9. The van der Waals surface area contributed by atoms with Gasteiger partial charge in [0.25, 0.3) is 7.82 Å². The van der Waals surface area contributed by atoms with Crippen LogP contribution < -0.4 is 10.2 Å². The van der Waals surface area contributed by atoms with Crippen LogP contribution in [0.25, 0.3) is 0 Å². The summed E-state index contributed by atoms with van der Waals surface area (Å²) in [4.78, 5) is 25.4. The van der Waals surface area contributed by atoms with Crippen molar-refractivity contribution in [3.63, 3.8) is 0 Å². The largest absolute Gasteiger partial charge is 0.756 e. The zero-order valence-corrected chi connectivity index (χ0v) is 43.3. The number of phosphoric acid groups is 1. The maximum atomic E-state index is 12.9. The van der Waals surface area contributed by atoms with Crippen LogP contribution in [-0.2, 0) is 18.4 Å². The summed E-state index contributed by atoms with van der Waals surface area (Å²) in [6.45, 7) is 4.44. The van der Waals surface area contributed by atoms with Crippen LogP contribution in [0.4, 0.5) is 0 Å². The Morgan fingerprint density at radius 3 is 1.43 bits per heavy atom. The van der Waals surface area contributed by atoms with Crippen molar-refractivity contribution < 1.29 is 32.9 Å². The van der Waals surface area contributed by atoms with E-state index in [1.54, 1.807) is 6.08 Å². The fourth-order valence-corrected chi connectivity index (χ4v) is 7.63. The highest BCUT2D eigenvalue weighted by molar-refractivity contribution is 7.45. The number of carbonyl (C=O) groups excluding carboxylic acids is 1. The average molecular weight is 927 g/mol. The third-order valence-corrected chi connectivity index (χ3v) is 12.0. The van der Waals surface area contributed by atoms with Gasteiger partial charge in [0.2, 0.25) is 5.91 Å². The van der Waals surface area contributed by atoms with Gasteiger partial charge in [-0.1, -0.05) is 207 Å². The Morgan fingerprint density at radius 2 is 0.954 bits per heavy atom. The zero-order valence-electron chi connectivity index (χ0n) is 42.4. The van der Waals surface area contributed by atoms with Crippen molar-refractivity contribution in [1.29, 1.82) is 0 Å². The van der Waals surface area contributed by atoms with E-state index in [2.05, 4.69) is 104 Å². The average Bonchev–Trinajstić information content (AvgIpc) is 3.26. The summed E-state index contributed by atoms with van der Waals surface area (Å²) in [7, 11) is 1.22. The maximum Gasteiger partial charge on any atom is 0.268 e. The number of likely N-dealkylation sites (N-methyl/N-ethyl adjacent to an activating group) is 1. The summed E-state index contributed by atoms with van der Waals surface area (Å²) in [6.07, 6.45) is 66.3. The van der Waals surface area contributed by atoms with Gasteiger partial charge in [0, 0.05) is 6.42 Å². The van der Waals surface area contributed by atoms with Gasteiger partial charge < -0.3 is 28.8 Å². The quantitative estimate of drug-likeness (QED) is 0.0272. The van der Waals surface area contributed by atoms with E-state index in [9.17, 15) is 19.4 Å². The highest BCUT2D eigenvalue weighted by atomic mass is 31.2. The van der Waals surface area contributed by atoms with E-state index < -0.39 is 26.6 Å². The summed E-state index contributed by atoms with van der Waals surface area (Å²) >= 11 is 0. The molecule has 0 aromatic rings. The number of nitrogens with one attached hydrogen (secondary N) is 1. The lowest BCUT2D eigenvalue weighted by molar-refractivity contribution is -0.870. The highest BCUT2D eigenvalue weighted by Gasteiger charge is 2.23. The van der Waals surface area contributed by atoms with Crippen LogP contribution in [-0.4, -0.2) is 68.5 Å². The minimum Gasteiger partial charge on any atom is -0.756 e. The number of quaternary nitrogens is 1. The van der Waals surface area contributed by atoms with Gasteiger partial charge in [-0.25, -0.2) is 0 Å². The Labute approximate surface area is 400 Å². The number of aliphatic hydroxyl groups is 1. The number of phosphoric ester groups is 1. The number of rotatable bonds is 46. The molecule has 0 aliphatic rings. The van der Waals surface area contributed by atoms with E-state index in [1.165, 1.54) is 96.3 Å². The molecule has 3 unspecified atom stereocenters. The lowest BCUT2D eigenvalue weighted by Gasteiger charge is -2.29. The summed E-state index contributed by atoms with van der Waals surface area (Å²) in [6, 6.07) is -0.913. The number of allylic oxidation sites excluding steroid dienone is 15. The highest BCUT2D eigenvalue weighted by Crippen LogP contribution is 2.38. The molecular weight excluding hydrogens is 828 g/mol. The first-order valence-corrected chi connectivity index (χ1v) is 27.6. The van der Waals surface area contributed by atoms with Crippen molar-refractivity contribution in [2.45, 2.75) is 212 Å². The van der Waals surface area contributed by atoms with Gasteiger partial charge in [0.05, 0.1) is 39.9 Å². The molecule has 0 fully saturated rings. The Morgan fingerprint density at radius 1 is 0.554 bits per heavy atom. The standard InChI is InChI=1S/C56H99N2O6P/c1-6-8-10-12-14-16-18-20-21-22-23-24-25-26-27-28-29-30-31-32-33-34-35-36-37-38-40-42-44-46-48-50-56(60)57-54(53-64-65(61,62)63-52-51-58(3,4)5)55(59)49-47-45-43-41-39-19-17-15-13-11-9-7-2/h8,10,13-16,20-21,23-24,26-27,39,41,47,49,54-55,59H,6-7,9,11-12,17-19,22,25,28-38,40,42-46,48,50-53H2,1-5H3,(H-,57,60,61,62)/b10-8-,15-13+,16-14-,21-20-,24-23-,27-26-,41-39+,49-47+. The molecule has 374 valence electrons. The van der Waals surface area contributed by atoms with Gasteiger partial charge in [-0.15, -0.1) is 0 Å². The van der Waals surface area contributed by atoms with Crippen LogP contribution in [0.3, 0.4) is 0 Å². The fraction of sp³-hybridized carbons (Fsp3) is 0.696. The molecular formula is C56H99N2O6P. The van der Waals surface area contributed by atoms with Crippen LogP contribution in [0.15, 0.2) is 97.2 Å². The topological polar surface area (TPSA) is 108 Å². The molecule has 9 heteroatoms. The van der Waals surface area contributed by atoms with Crippen LogP contribution in [0, 0.1) is 0 Å². The normalized spacial score (nSPS) is 14.9. The fourth-order valence-electron chi connectivity index (χ4n) is 6.90. The van der Waals surface area contributed by atoms with Crippen molar-refractivity contribution in [1.82, 2.24) is 5.32 Å². The van der Waals surface area contributed by atoms with Gasteiger partial charge in [0.15, 0.2) is 0 Å². The Bertz CT molecular complexity index is 1370. The second-order valence-electron chi connectivity index (χ2n) is 18.5. The summed E-state index contributed by atoms with van der Waals surface area (Å²) in [5.41, 5.74) is 0. The van der Waals surface area contributed by atoms with Crippen LogP contribution in [0.2, 0.25) is 0 Å². The van der Waals surface area contributed by atoms with E-state index >= 15 is 0 Å². The molecule has 0 aromatic carbocycles. The second kappa shape index (κ2) is 46.5. The predicted octanol–water partition coefficient (Wildman–Crippen LogP) is 14.8. The van der Waals surface area contributed by atoms with E-state index in [4.69, 9.17) is 9.05 Å². The van der Waals surface area contributed by atoms with Gasteiger partial charge in [-0.2, -0.15) is 0 Å².